The molecule has 8 nitrogen and oxygen atoms in total. The smallest absolute Gasteiger partial charge is 0.352 e. The van der Waals surface area contributed by atoms with Gasteiger partial charge in [-0.25, -0.2) is 14.6 Å². The summed E-state index contributed by atoms with van der Waals surface area (Å²) in [5, 5.41) is 11.4. The molecule has 20 heavy (non-hydrogen) atoms. The summed E-state index contributed by atoms with van der Waals surface area (Å²) in [6.07, 6.45) is 3.07. The van der Waals surface area contributed by atoms with Gasteiger partial charge in [-0.3, -0.25) is 19.4 Å². The molecule has 0 atom stereocenters. The maximum absolute atomic E-state index is 11.8. The van der Waals surface area contributed by atoms with Crippen molar-refractivity contribution in [3.63, 3.8) is 0 Å². The number of anilines is 1. The number of imidazole rings is 1. The van der Waals surface area contributed by atoms with Gasteiger partial charge in [-0.1, -0.05) is 0 Å². The lowest BCUT2D eigenvalue weighted by atomic mass is 10.2. The minimum Gasteiger partial charge on any atom is -0.477 e. The zero-order valence-corrected chi connectivity index (χ0v) is 10.2. The number of nitrogens with one attached hydrogen (secondary N) is 1. The Morgan fingerprint density at radius 1 is 1.35 bits per heavy atom. The highest BCUT2D eigenvalue weighted by molar-refractivity contribution is 6.06. The average molecular weight is 274 g/mol. The molecule has 0 bridgehead atoms. The third-order valence-electron chi connectivity index (χ3n) is 3.09. The molecule has 2 N–H and O–H groups in total. The monoisotopic (exact) mass is 274 g/mol. The SMILES string of the molecule is O=C1CCN(c2cc(C(=O)O)n3cncc3c2)C(=O)N1. The first-order valence-corrected chi connectivity index (χ1v) is 5.87. The van der Waals surface area contributed by atoms with E-state index in [1.54, 1.807) is 6.07 Å². The van der Waals surface area contributed by atoms with Crippen LogP contribution in [0.15, 0.2) is 24.7 Å². The van der Waals surface area contributed by atoms with E-state index < -0.39 is 12.0 Å². The van der Waals surface area contributed by atoms with Gasteiger partial charge in [0.05, 0.1) is 18.0 Å². The molecule has 0 aliphatic carbocycles. The predicted octanol–water partition coefficient (Wildman–Crippen LogP) is 0.479. The van der Waals surface area contributed by atoms with Gasteiger partial charge in [0.15, 0.2) is 0 Å². The van der Waals surface area contributed by atoms with E-state index in [0.717, 1.165) is 0 Å². The predicted molar refractivity (Wildman–Crippen MR) is 67.7 cm³/mol. The molecule has 3 heterocycles. The number of urea groups is 1. The summed E-state index contributed by atoms with van der Waals surface area (Å²) in [7, 11) is 0. The van der Waals surface area contributed by atoms with E-state index >= 15 is 0 Å². The van der Waals surface area contributed by atoms with E-state index in [4.69, 9.17) is 0 Å². The Kier molecular flexibility index (Phi) is 2.63. The number of hydrogen-bond acceptors (Lipinski definition) is 4. The molecule has 0 saturated carbocycles. The van der Waals surface area contributed by atoms with Gasteiger partial charge < -0.3 is 5.11 Å². The van der Waals surface area contributed by atoms with Gasteiger partial charge in [-0.05, 0) is 12.1 Å². The normalized spacial score (nSPS) is 15.5. The van der Waals surface area contributed by atoms with Crippen molar-refractivity contribution >= 4 is 29.1 Å². The number of rotatable bonds is 2. The maximum Gasteiger partial charge on any atom is 0.352 e. The fourth-order valence-corrected chi connectivity index (χ4v) is 2.15. The number of aromatic nitrogens is 2. The Hall–Kier alpha value is -2.90. The Morgan fingerprint density at radius 3 is 2.85 bits per heavy atom. The summed E-state index contributed by atoms with van der Waals surface area (Å²) in [5.41, 5.74) is 0.977. The molecule has 3 rings (SSSR count). The molecule has 2 aromatic heterocycles. The van der Waals surface area contributed by atoms with E-state index in [0.29, 0.717) is 11.2 Å². The van der Waals surface area contributed by atoms with Gasteiger partial charge in [0.2, 0.25) is 5.91 Å². The Morgan fingerprint density at radius 2 is 2.15 bits per heavy atom. The Bertz CT molecular complexity index is 736. The van der Waals surface area contributed by atoms with Crippen LogP contribution in [0.1, 0.15) is 16.9 Å². The number of aromatic carboxylic acids is 1. The van der Waals surface area contributed by atoms with Crippen molar-refractivity contribution in [1.29, 1.82) is 0 Å². The van der Waals surface area contributed by atoms with Crippen LogP contribution in [0.25, 0.3) is 5.52 Å². The van der Waals surface area contributed by atoms with Crippen molar-refractivity contribution in [3.8, 4) is 0 Å². The van der Waals surface area contributed by atoms with Crippen LogP contribution in [0.3, 0.4) is 0 Å². The quantitative estimate of drug-likeness (QED) is 0.828. The zero-order valence-electron chi connectivity index (χ0n) is 10.2. The number of nitrogens with zero attached hydrogens (tertiary/aromatic N) is 3. The number of pyridine rings is 1. The van der Waals surface area contributed by atoms with Gasteiger partial charge in [0.1, 0.15) is 5.69 Å². The first-order valence-electron chi connectivity index (χ1n) is 5.87. The molecular formula is C12H10N4O4. The first kappa shape index (κ1) is 12.2. The highest BCUT2D eigenvalue weighted by atomic mass is 16.4. The topological polar surface area (TPSA) is 104 Å². The summed E-state index contributed by atoms with van der Waals surface area (Å²) in [5.74, 6) is -1.46. The summed E-state index contributed by atoms with van der Waals surface area (Å²) in [4.78, 5) is 39.4. The Labute approximate surface area is 112 Å². The highest BCUT2D eigenvalue weighted by Gasteiger charge is 2.25. The first-order chi connectivity index (χ1) is 9.56. The molecule has 0 spiro atoms. The standard InChI is InChI=1S/C12H10N4O4/c17-10-1-2-15(12(20)14-10)7-3-8-5-13-6-16(8)9(4-7)11(18)19/h3-6H,1-2H2,(H,18,19)(H,14,17,20). The van der Waals surface area contributed by atoms with Gasteiger partial charge in [0.25, 0.3) is 0 Å². The largest absolute Gasteiger partial charge is 0.477 e. The fraction of sp³-hybridized carbons (Fsp3) is 0.167. The second-order valence-corrected chi connectivity index (χ2v) is 4.35. The zero-order chi connectivity index (χ0) is 14.3. The number of imide groups is 1. The van der Waals surface area contributed by atoms with Crippen molar-refractivity contribution in [1.82, 2.24) is 14.7 Å². The van der Waals surface area contributed by atoms with Crippen LogP contribution in [0.4, 0.5) is 10.5 Å². The maximum atomic E-state index is 11.8. The lowest BCUT2D eigenvalue weighted by Gasteiger charge is -2.26. The van der Waals surface area contributed by atoms with Crippen molar-refractivity contribution in [2.24, 2.45) is 0 Å². The lowest BCUT2D eigenvalue weighted by Crippen LogP contribution is -2.49. The van der Waals surface area contributed by atoms with Gasteiger partial charge >= 0.3 is 12.0 Å². The number of carbonyl (C=O) groups is 3. The molecule has 0 aromatic carbocycles. The van der Waals surface area contributed by atoms with Gasteiger partial charge in [-0.15, -0.1) is 0 Å². The van der Waals surface area contributed by atoms with Crippen LogP contribution in [0.2, 0.25) is 0 Å². The summed E-state index contributed by atoms with van der Waals surface area (Å²) >= 11 is 0. The van der Waals surface area contributed by atoms with Crippen LogP contribution in [-0.4, -0.2) is 38.9 Å². The summed E-state index contributed by atoms with van der Waals surface area (Å²) in [6.45, 7) is 0.216. The third kappa shape index (κ3) is 1.87. The van der Waals surface area contributed by atoms with E-state index in [1.807, 2.05) is 0 Å². The number of carbonyl (C=O) groups excluding carboxylic acids is 2. The van der Waals surface area contributed by atoms with Crippen LogP contribution >= 0.6 is 0 Å². The van der Waals surface area contributed by atoms with Gasteiger partial charge in [0, 0.05) is 18.7 Å². The van der Waals surface area contributed by atoms with E-state index in [9.17, 15) is 19.5 Å². The molecule has 3 amide bonds. The molecular weight excluding hydrogens is 264 g/mol. The van der Waals surface area contributed by atoms with E-state index in [-0.39, 0.29) is 24.6 Å². The van der Waals surface area contributed by atoms with Crippen LogP contribution < -0.4 is 10.2 Å². The van der Waals surface area contributed by atoms with Crippen molar-refractivity contribution in [3.05, 3.63) is 30.4 Å². The van der Waals surface area contributed by atoms with Gasteiger partial charge in [-0.2, -0.15) is 0 Å². The third-order valence-corrected chi connectivity index (χ3v) is 3.09. The molecule has 2 aromatic rings. The lowest BCUT2D eigenvalue weighted by molar-refractivity contribution is -0.120. The molecule has 0 radical (unpaired) electrons. The van der Waals surface area contributed by atoms with Crippen LogP contribution in [0.5, 0.6) is 0 Å². The number of carboxylic acids is 1. The summed E-state index contributed by atoms with van der Waals surface area (Å²) in [6, 6.07) is 2.47. The molecule has 1 fully saturated rings. The number of amides is 3. The molecule has 8 heteroatoms. The molecule has 1 aliphatic rings. The number of fused-ring (bicyclic) bond motifs is 1. The highest BCUT2D eigenvalue weighted by Crippen LogP contribution is 2.22. The minimum absolute atomic E-state index is 0.000278. The number of carboxylic acid groups (broad SMARTS) is 1. The second-order valence-electron chi connectivity index (χ2n) is 4.35. The summed E-state index contributed by atoms with van der Waals surface area (Å²) < 4.78 is 1.42. The molecule has 102 valence electrons. The van der Waals surface area contributed by atoms with Crippen LogP contribution in [-0.2, 0) is 4.79 Å². The second kappa shape index (κ2) is 4.34. The Balaban J connectivity index is 2.10. The molecule has 1 saturated heterocycles. The fourth-order valence-electron chi connectivity index (χ4n) is 2.15. The average Bonchev–Trinajstić information content (AvgIpc) is 2.85. The molecule has 1 aliphatic heterocycles. The number of hydrogen-bond donors (Lipinski definition) is 2. The van der Waals surface area contributed by atoms with Crippen molar-refractivity contribution < 1.29 is 19.5 Å². The van der Waals surface area contributed by atoms with E-state index in [1.165, 1.54) is 27.9 Å². The molecule has 0 unspecified atom stereocenters. The minimum atomic E-state index is -1.12. The van der Waals surface area contributed by atoms with E-state index in [2.05, 4.69) is 10.3 Å². The van der Waals surface area contributed by atoms with Crippen molar-refractivity contribution in [2.45, 2.75) is 6.42 Å². The van der Waals surface area contributed by atoms with Crippen molar-refractivity contribution in [2.75, 3.05) is 11.4 Å². The van der Waals surface area contributed by atoms with Crippen LogP contribution in [0, 0.1) is 0 Å².